The largest absolute Gasteiger partial charge is 0.490 e. The molecule has 168 valence electrons. The Morgan fingerprint density at radius 2 is 1.71 bits per heavy atom. The Morgan fingerprint density at radius 1 is 1.03 bits per heavy atom. The minimum Gasteiger partial charge on any atom is -0.490 e. The molecule has 7 heteroatoms. The van der Waals surface area contributed by atoms with Gasteiger partial charge in [-0.25, -0.2) is 0 Å². The Kier molecular flexibility index (Phi) is 6.58. The number of aliphatic hydroxyl groups is 4. The molecule has 1 unspecified atom stereocenters. The molecule has 1 fully saturated rings. The molecule has 0 radical (unpaired) electrons. The number of benzene rings is 2. The van der Waals surface area contributed by atoms with Crippen molar-refractivity contribution in [2.75, 3.05) is 6.61 Å². The van der Waals surface area contributed by atoms with Crippen LogP contribution >= 0.6 is 11.6 Å². The van der Waals surface area contributed by atoms with Crippen molar-refractivity contribution in [1.29, 1.82) is 0 Å². The number of halogens is 1. The van der Waals surface area contributed by atoms with Crippen molar-refractivity contribution in [2.24, 2.45) is 0 Å². The summed E-state index contributed by atoms with van der Waals surface area (Å²) >= 11 is 6.77. The van der Waals surface area contributed by atoms with Crippen LogP contribution in [0.5, 0.6) is 5.75 Å². The maximum Gasteiger partial charge on any atom is 0.130 e. The van der Waals surface area contributed by atoms with Crippen molar-refractivity contribution in [3.63, 3.8) is 0 Å². The summed E-state index contributed by atoms with van der Waals surface area (Å²) in [5.74, 6) is 0.548. The quantitative estimate of drug-likeness (QED) is 0.560. The van der Waals surface area contributed by atoms with E-state index >= 15 is 0 Å². The fraction of sp³-hybridized carbons (Fsp3) is 0.500. The van der Waals surface area contributed by atoms with Gasteiger partial charge in [0.25, 0.3) is 0 Å². The van der Waals surface area contributed by atoms with Crippen LogP contribution in [-0.2, 0) is 24.0 Å². The predicted molar refractivity (Wildman–Crippen MR) is 117 cm³/mol. The van der Waals surface area contributed by atoms with Crippen LogP contribution in [0, 0.1) is 0 Å². The first-order valence-electron chi connectivity index (χ1n) is 10.7. The second-order valence-corrected chi connectivity index (χ2v) is 8.85. The van der Waals surface area contributed by atoms with Crippen LogP contribution in [0.25, 0.3) is 0 Å². The first-order valence-corrected chi connectivity index (χ1v) is 11.1. The molecule has 0 aliphatic carbocycles. The molecule has 4 rings (SSSR count). The van der Waals surface area contributed by atoms with Crippen molar-refractivity contribution in [3.8, 4) is 5.75 Å². The van der Waals surface area contributed by atoms with Crippen LogP contribution in [-0.4, -0.2) is 57.6 Å². The van der Waals surface area contributed by atoms with Gasteiger partial charge in [-0.2, -0.15) is 0 Å². The Morgan fingerprint density at radius 3 is 2.35 bits per heavy atom. The molecule has 2 aromatic carbocycles. The normalized spacial score (nSPS) is 30.2. The molecule has 2 aliphatic heterocycles. The third-order valence-corrected chi connectivity index (χ3v) is 6.72. The SMILES string of the molecule is CCc1ccc(Cc2cc([C@@H]3O[C@H](CO)[C@@H](O)[C@H](O)[C@H]3O)c3c(c2Cl)CC(C)O3)cc1. The summed E-state index contributed by atoms with van der Waals surface area (Å²) in [4.78, 5) is 0. The monoisotopic (exact) mass is 448 g/mol. The molecular weight excluding hydrogens is 420 g/mol. The topological polar surface area (TPSA) is 99.4 Å². The van der Waals surface area contributed by atoms with Crippen molar-refractivity contribution >= 4 is 11.6 Å². The lowest BCUT2D eigenvalue weighted by molar-refractivity contribution is -0.232. The Balaban J connectivity index is 1.75. The summed E-state index contributed by atoms with van der Waals surface area (Å²) in [6.07, 6.45) is -4.09. The van der Waals surface area contributed by atoms with Crippen molar-refractivity contribution in [3.05, 3.63) is 63.2 Å². The van der Waals surface area contributed by atoms with Crippen LogP contribution in [0.3, 0.4) is 0 Å². The lowest BCUT2D eigenvalue weighted by Gasteiger charge is -2.40. The summed E-state index contributed by atoms with van der Waals surface area (Å²) in [7, 11) is 0. The standard InChI is InChI=1S/C24H29ClO6/c1-3-13-4-6-14(7-5-13)9-15-10-17(23-16(19(15)25)8-12(2)30-23)24-22(29)21(28)20(27)18(11-26)31-24/h4-7,10,12,18,20-22,24,26-29H,3,8-9,11H2,1-2H3/t12?,18-,20-,21+,22-,24+/m1/s1. The van der Waals surface area contributed by atoms with Crippen LogP contribution in [0.2, 0.25) is 5.02 Å². The van der Waals surface area contributed by atoms with E-state index in [1.165, 1.54) is 5.56 Å². The zero-order chi connectivity index (χ0) is 22.3. The maximum atomic E-state index is 10.7. The maximum absolute atomic E-state index is 10.7. The van der Waals surface area contributed by atoms with Gasteiger partial charge in [0.1, 0.15) is 42.4 Å². The molecule has 6 atom stereocenters. The number of hydrogen-bond donors (Lipinski definition) is 4. The average molecular weight is 449 g/mol. The first kappa shape index (κ1) is 22.5. The van der Waals surface area contributed by atoms with Gasteiger partial charge < -0.3 is 29.9 Å². The number of rotatable bonds is 5. The van der Waals surface area contributed by atoms with E-state index in [0.29, 0.717) is 29.2 Å². The van der Waals surface area contributed by atoms with Gasteiger partial charge in [0, 0.05) is 17.5 Å². The number of aliphatic hydroxyl groups excluding tert-OH is 4. The summed E-state index contributed by atoms with van der Waals surface area (Å²) < 4.78 is 11.8. The Hall–Kier alpha value is -1.67. The summed E-state index contributed by atoms with van der Waals surface area (Å²) in [6.45, 7) is 3.57. The van der Waals surface area contributed by atoms with Crippen molar-refractivity contribution in [1.82, 2.24) is 0 Å². The smallest absolute Gasteiger partial charge is 0.130 e. The summed E-state index contributed by atoms with van der Waals surface area (Å²) in [5.41, 5.74) is 4.65. The molecule has 0 spiro atoms. The third-order valence-electron chi connectivity index (χ3n) is 6.25. The average Bonchev–Trinajstić information content (AvgIpc) is 3.17. The van der Waals surface area contributed by atoms with Crippen molar-refractivity contribution in [2.45, 2.75) is 69.7 Å². The predicted octanol–water partition coefficient (Wildman–Crippen LogP) is 2.33. The number of fused-ring (bicyclic) bond motifs is 1. The van der Waals surface area contributed by atoms with E-state index in [1.54, 1.807) is 0 Å². The third kappa shape index (κ3) is 4.21. The molecule has 4 N–H and O–H groups in total. The van der Waals surface area contributed by atoms with E-state index in [0.717, 1.165) is 23.1 Å². The summed E-state index contributed by atoms with van der Waals surface area (Å²) in [5, 5.41) is 41.3. The highest BCUT2D eigenvalue weighted by Crippen LogP contribution is 2.46. The highest BCUT2D eigenvalue weighted by Gasteiger charge is 2.46. The van der Waals surface area contributed by atoms with Gasteiger partial charge in [0.15, 0.2) is 0 Å². The lowest BCUT2D eigenvalue weighted by Crippen LogP contribution is -2.55. The van der Waals surface area contributed by atoms with Gasteiger partial charge in [0.2, 0.25) is 0 Å². The van der Waals surface area contributed by atoms with Crippen LogP contribution < -0.4 is 4.74 Å². The fourth-order valence-electron chi connectivity index (χ4n) is 4.45. The van der Waals surface area contributed by atoms with E-state index in [2.05, 4.69) is 31.2 Å². The number of aryl methyl sites for hydroxylation is 1. The van der Waals surface area contributed by atoms with E-state index in [9.17, 15) is 20.4 Å². The first-order chi connectivity index (χ1) is 14.8. The zero-order valence-corrected chi connectivity index (χ0v) is 18.4. The number of ether oxygens (including phenoxy) is 2. The molecule has 31 heavy (non-hydrogen) atoms. The summed E-state index contributed by atoms with van der Waals surface area (Å²) in [6, 6.07) is 10.2. The van der Waals surface area contributed by atoms with Crippen LogP contribution in [0.15, 0.2) is 30.3 Å². The van der Waals surface area contributed by atoms with Gasteiger partial charge in [-0.1, -0.05) is 42.8 Å². The number of hydrogen-bond acceptors (Lipinski definition) is 6. The molecule has 2 aromatic rings. The molecule has 1 saturated heterocycles. The highest BCUT2D eigenvalue weighted by molar-refractivity contribution is 6.32. The molecule has 0 aromatic heterocycles. The second-order valence-electron chi connectivity index (χ2n) is 8.48. The molecule has 0 amide bonds. The van der Waals surface area contributed by atoms with E-state index in [-0.39, 0.29) is 6.10 Å². The molecule has 2 aliphatic rings. The van der Waals surface area contributed by atoms with E-state index < -0.39 is 37.1 Å². The van der Waals surface area contributed by atoms with Crippen LogP contribution in [0.1, 0.15) is 47.8 Å². The van der Waals surface area contributed by atoms with Gasteiger partial charge in [-0.3, -0.25) is 0 Å². The van der Waals surface area contributed by atoms with Crippen LogP contribution in [0.4, 0.5) is 0 Å². The van der Waals surface area contributed by atoms with E-state index in [4.69, 9.17) is 21.1 Å². The van der Waals surface area contributed by atoms with Gasteiger partial charge >= 0.3 is 0 Å². The minimum atomic E-state index is -1.45. The molecule has 0 bridgehead atoms. The molecule has 6 nitrogen and oxygen atoms in total. The van der Waals surface area contributed by atoms with Crippen molar-refractivity contribution < 1.29 is 29.9 Å². The molecule has 2 heterocycles. The van der Waals surface area contributed by atoms with E-state index in [1.807, 2.05) is 13.0 Å². The highest BCUT2D eigenvalue weighted by atomic mass is 35.5. The second kappa shape index (κ2) is 9.06. The molecule has 0 saturated carbocycles. The zero-order valence-electron chi connectivity index (χ0n) is 17.7. The fourth-order valence-corrected chi connectivity index (χ4v) is 4.73. The Labute approximate surface area is 187 Å². The van der Waals surface area contributed by atoms with Gasteiger partial charge in [-0.15, -0.1) is 0 Å². The molecular formula is C24H29ClO6. The Bertz CT molecular complexity index is 929. The minimum absolute atomic E-state index is 0.0878. The lowest BCUT2D eigenvalue weighted by atomic mass is 9.88. The van der Waals surface area contributed by atoms with Gasteiger partial charge in [-0.05, 0) is 42.5 Å². The van der Waals surface area contributed by atoms with Gasteiger partial charge in [0.05, 0.1) is 11.6 Å².